The Labute approximate surface area is 90.5 Å². The molecule has 4 nitrogen and oxygen atoms in total. The minimum absolute atomic E-state index is 0.331. The van der Waals surface area contributed by atoms with Crippen molar-refractivity contribution >= 4 is 0 Å². The Kier molecular flexibility index (Phi) is 5.25. The van der Waals surface area contributed by atoms with Crippen LogP contribution in [0.15, 0.2) is 24.5 Å². The summed E-state index contributed by atoms with van der Waals surface area (Å²) in [5.74, 6) is 0. The molecule has 1 rings (SSSR count). The van der Waals surface area contributed by atoms with Gasteiger partial charge in [-0.15, -0.1) is 0 Å². The van der Waals surface area contributed by atoms with Gasteiger partial charge in [0.15, 0.2) is 0 Å². The van der Waals surface area contributed by atoms with E-state index < -0.39 is 6.10 Å². The zero-order chi connectivity index (χ0) is 11.1. The normalized spacial score (nSPS) is 13.1. The molecule has 1 atom stereocenters. The lowest BCUT2D eigenvalue weighted by molar-refractivity contribution is 0.0306. The molecule has 4 heteroatoms. The molecule has 1 N–H and O–H groups in total. The Morgan fingerprint density at radius 1 is 1.40 bits per heavy atom. The highest BCUT2D eigenvalue weighted by Gasteiger charge is 2.06. The second-order valence-electron chi connectivity index (χ2n) is 3.67. The summed E-state index contributed by atoms with van der Waals surface area (Å²) in [6, 6.07) is 3.58. The van der Waals surface area contributed by atoms with Gasteiger partial charge < -0.3 is 14.7 Å². The SMILES string of the molecule is CN(C)CCOCC(O)c1ccncc1. The maximum atomic E-state index is 9.72. The summed E-state index contributed by atoms with van der Waals surface area (Å²) in [4.78, 5) is 5.93. The molecule has 1 aromatic rings. The third-order valence-electron chi connectivity index (χ3n) is 2.05. The van der Waals surface area contributed by atoms with E-state index in [1.807, 2.05) is 19.0 Å². The van der Waals surface area contributed by atoms with Crippen molar-refractivity contribution in [2.24, 2.45) is 0 Å². The van der Waals surface area contributed by atoms with Gasteiger partial charge >= 0.3 is 0 Å². The molecule has 0 aliphatic rings. The smallest absolute Gasteiger partial charge is 0.102 e. The van der Waals surface area contributed by atoms with Gasteiger partial charge in [-0.1, -0.05) is 0 Å². The number of nitrogens with zero attached hydrogens (tertiary/aromatic N) is 2. The number of aliphatic hydroxyl groups excluding tert-OH is 1. The molecule has 0 spiro atoms. The molecular weight excluding hydrogens is 192 g/mol. The summed E-state index contributed by atoms with van der Waals surface area (Å²) < 4.78 is 5.35. The van der Waals surface area contributed by atoms with Crippen molar-refractivity contribution in [1.29, 1.82) is 0 Å². The van der Waals surface area contributed by atoms with Crippen LogP contribution in [0.3, 0.4) is 0 Å². The highest BCUT2D eigenvalue weighted by atomic mass is 16.5. The fraction of sp³-hybridized carbons (Fsp3) is 0.545. The molecule has 0 bridgehead atoms. The van der Waals surface area contributed by atoms with Crippen molar-refractivity contribution in [3.8, 4) is 0 Å². The van der Waals surface area contributed by atoms with E-state index in [-0.39, 0.29) is 0 Å². The van der Waals surface area contributed by atoms with E-state index in [0.717, 1.165) is 12.1 Å². The molecule has 15 heavy (non-hydrogen) atoms. The molecule has 1 aromatic heterocycles. The topological polar surface area (TPSA) is 45.6 Å². The minimum Gasteiger partial charge on any atom is -0.386 e. The summed E-state index contributed by atoms with van der Waals surface area (Å²) in [6.07, 6.45) is 2.77. The van der Waals surface area contributed by atoms with E-state index in [9.17, 15) is 5.11 Å². The van der Waals surface area contributed by atoms with Crippen LogP contribution >= 0.6 is 0 Å². The summed E-state index contributed by atoms with van der Waals surface area (Å²) in [7, 11) is 3.98. The van der Waals surface area contributed by atoms with Gasteiger partial charge in [-0.25, -0.2) is 0 Å². The molecule has 1 heterocycles. The maximum Gasteiger partial charge on any atom is 0.102 e. The van der Waals surface area contributed by atoms with E-state index in [1.54, 1.807) is 24.5 Å². The van der Waals surface area contributed by atoms with Crippen LogP contribution in [0, 0.1) is 0 Å². The first-order valence-corrected chi connectivity index (χ1v) is 5.00. The van der Waals surface area contributed by atoms with Crippen molar-refractivity contribution in [2.75, 3.05) is 33.9 Å². The van der Waals surface area contributed by atoms with Crippen LogP contribution in [0.2, 0.25) is 0 Å². The van der Waals surface area contributed by atoms with Gasteiger partial charge in [0.2, 0.25) is 0 Å². The summed E-state index contributed by atoms with van der Waals surface area (Å²) in [5.41, 5.74) is 0.842. The highest BCUT2D eigenvalue weighted by molar-refractivity contribution is 5.12. The quantitative estimate of drug-likeness (QED) is 0.702. The lowest BCUT2D eigenvalue weighted by Crippen LogP contribution is -2.19. The van der Waals surface area contributed by atoms with Crippen molar-refractivity contribution in [3.63, 3.8) is 0 Å². The zero-order valence-corrected chi connectivity index (χ0v) is 9.26. The molecule has 0 amide bonds. The largest absolute Gasteiger partial charge is 0.386 e. The van der Waals surface area contributed by atoms with Gasteiger partial charge in [-0.3, -0.25) is 4.98 Å². The fourth-order valence-electron chi connectivity index (χ4n) is 1.12. The molecule has 0 aliphatic carbocycles. The number of likely N-dealkylation sites (N-methyl/N-ethyl adjacent to an activating group) is 1. The molecule has 0 saturated carbocycles. The average molecular weight is 210 g/mol. The van der Waals surface area contributed by atoms with Gasteiger partial charge in [0.05, 0.1) is 13.2 Å². The number of rotatable bonds is 6. The number of pyridine rings is 1. The van der Waals surface area contributed by atoms with Gasteiger partial charge in [0.25, 0.3) is 0 Å². The van der Waals surface area contributed by atoms with Gasteiger partial charge in [0.1, 0.15) is 6.10 Å². The molecule has 0 saturated heterocycles. The van der Waals surface area contributed by atoms with Crippen molar-refractivity contribution in [2.45, 2.75) is 6.10 Å². The Morgan fingerprint density at radius 2 is 2.07 bits per heavy atom. The Hall–Kier alpha value is -0.970. The van der Waals surface area contributed by atoms with Crippen LogP contribution in [-0.4, -0.2) is 48.8 Å². The Balaban J connectivity index is 2.22. The van der Waals surface area contributed by atoms with Crippen molar-refractivity contribution < 1.29 is 9.84 Å². The third-order valence-corrected chi connectivity index (χ3v) is 2.05. The number of aliphatic hydroxyl groups is 1. The maximum absolute atomic E-state index is 9.72. The lowest BCUT2D eigenvalue weighted by Gasteiger charge is -2.13. The molecule has 0 aliphatic heterocycles. The molecule has 1 unspecified atom stereocenters. The van der Waals surface area contributed by atoms with Gasteiger partial charge in [-0.2, -0.15) is 0 Å². The molecular formula is C11H18N2O2. The summed E-state index contributed by atoms with van der Waals surface area (Å²) in [6.45, 7) is 1.83. The van der Waals surface area contributed by atoms with Crippen LogP contribution in [-0.2, 0) is 4.74 Å². The zero-order valence-electron chi connectivity index (χ0n) is 9.26. The van der Waals surface area contributed by atoms with E-state index in [4.69, 9.17) is 4.74 Å². The first-order valence-electron chi connectivity index (χ1n) is 5.00. The second kappa shape index (κ2) is 6.50. The van der Waals surface area contributed by atoms with E-state index in [2.05, 4.69) is 4.98 Å². The number of ether oxygens (including phenoxy) is 1. The second-order valence-corrected chi connectivity index (χ2v) is 3.67. The predicted molar refractivity (Wildman–Crippen MR) is 58.6 cm³/mol. The number of hydrogen-bond acceptors (Lipinski definition) is 4. The average Bonchev–Trinajstić information content (AvgIpc) is 2.25. The fourth-order valence-corrected chi connectivity index (χ4v) is 1.12. The third kappa shape index (κ3) is 4.88. The van der Waals surface area contributed by atoms with E-state index >= 15 is 0 Å². The number of hydrogen-bond donors (Lipinski definition) is 1. The summed E-state index contributed by atoms with van der Waals surface area (Å²) in [5, 5.41) is 9.72. The van der Waals surface area contributed by atoms with Crippen LogP contribution in [0.5, 0.6) is 0 Å². The van der Waals surface area contributed by atoms with Crippen molar-refractivity contribution in [3.05, 3.63) is 30.1 Å². The standard InChI is InChI=1S/C11H18N2O2/c1-13(2)7-8-15-9-11(14)10-3-5-12-6-4-10/h3-6,11,14H,7-9H2,1-2H3. The first kappa shape index (κ1) is 12.1. The van der Waals surface area contributed by atoms with Gasteiger partial charge in [-0.05, 0) is 31.8 Å². The highest BCUT2D eigenvalue weighted by Crippen LogP contribution is 2.10. The van der Waals surface area contributed by atoms with E-state index in [1.165, 1.54) is 0 Å². The molecule has 0 aromatic carbocycles. The predicted octanol–water partition coefficient (Wildman–Crippen LogP) is 0.693. The number of aromatic nitrogens is 1. The van der Waals surface area contributed by atoms with E-state index in [0.29, 0.717) is 13.2 Å². The van der Waals surface area contributed by atoms with Crippen LogP contribution in [0.25, 0.3) is 0 Å². The monoisotopic (exact) mass is 210 g/mol. The Morgan fingerprint density at radius 3 is 2.67 bits per heavy atom. The molecule has 84 valence electrons. The van der Waals surface area contributed by atoms with Crippen LogP contribution < -0.4 is 0 Å². The summed E-state index contributed by atoms with van der Waals surface area (Å²) >= 11 is 0. The van der Waals surface area contributed by atoms with Gasteiger partial charge in [0, 0.05) is 18.9 Å². The minimum atomic E-state index is -0.560. The molecule has 0 radical (unpaired) electrons. The Bertz CT molecular complexity index is 265. The van der Waals surface area contributed by atoms with Crippen LogP contribution in [0.4, 0.5) is 0 Å². The van der Waals surface area contributed by atoms with Crippen LogP contribution in [0.1, 0.15) is 11.7 Å². The molecule has 0 fully saturated rings. The van der Waals surface area contributed by atoms with Crippen molar-refractivity contribution in [1.82, 2.24) is 9.88 Å². The first-order chi connectivity index (χ1) is 7.20. The lowest BCUT2D eigenvalue weighted by atomic mass is 10.2.